The first-order chi connectivity index (χ1) is 8.52. The lowest BCUT2D eigenvalue weighted by molar-refractivity contribution is 0.0230. The van der Waals surface area contributed by atoms with Gasteiger partial charge in [0, 0.05) is 26.4 Å². The SMILES string of the molecule is CCC(CC)n1ccc(CNCC(C)(C)OC)n1. The first kappa shape index (κ1) is 15.2. The molecule has 0 radical (unpaired) electrons. The molecular formula is C14H27N3O. The van der Waals surface area contributed by atoms with Crippen molar-refractivity contribution in [2.75, 3.05) is 13.7 Å². The molecule has 0 aliphatic carbocycles. The minimum Gasteiger partial charge on any atom is -0.377 e. The predicted octanol–water partition coefficient (Wildman–Crippen LogP) is 2.76. The van der Waals surface area contributed by atoms with Gasteiger partial charge in [0.1, 0.15) is 0 Å². The lowest BCUT2D eigenvalue weighted by atomic mass is 10.1. The quantitative estimate of drug-likeness (QED) is 0.774. The van der Waals surface area contributed by atoms with Gasteiger partial charge in [0.15, 0.2) is 0 Å². The molecule has 0 aromatic carbocycles. The topological polar surface area (TPSA) is 39.1 Å². The van der Waals surface area contributed by atoms with Gasteiger partial charge in [-0.15, -0.1) is 0 Å². The number of hydrogen-bond acceptors (Lipinski definition) is 3. The van der Waals surface area contributed by atoms with Crippen molar-refractivity contribution in [1.82, 2.24) is 15.1 Å². The molecule has 0 atom stereocenters. The Balaban J connectivity index is 2.45. The molecule has 4 heteroatoms. The van der Waals surface area contributed by atoms with Crippen LogP contribution >= 0.6 is 0 Å². The zero-order chi connectivity index (χ0) is 13.6. The molecule has 0 amide bonds. The van der Waals surface area contributed by atoms with E-state index in [1.54, 1.807) is 7.11 Å². The van der Waals surface area contributed by atoms with Crippen LogP contribution in [0.2, 0.25) is 0 Å². The van der Waals surface area contributed by atoms with Crippen LogP contribution in [0, 0.1) is 0 Å². The van der Waals surface area contributed by atoms with Gasteiger partial charge in [0.05, 0.1) is 17.3 Å². The first-order valence-corrected chi connectivity index (χ1v) is 6.82. The molecule has 0 saturated carbocycles. The molecule has 1 aromatic rings. The Morgan fingerprint density at radius 3 is 2.61 bits per heavy atom. The Bertz CT molecular complexity index is 343. The number of rotatable bonds is 8. The molecule has 4 nitrogen and oxygen atoms in total. The Labute approximate surface area is 111 Å². The van der Waals surface area contributed by atoms with Gasteiger partial charge >= 0.3 is 0 Å². The van der Waals surface area contributed by atoms with Crippen LogP contribution < -0.4 is 5.32 Å². The van der Waals surface area contributed by atoms with Gasteiger partial charge in [-0.05, 0) is 32.8 Å². The molecule has 1 aromatic heterocycles. The Kier molecular flexibility index (Phi) is 5.82. The van der Waals surface area contributed by atoms with E-state index in [0.717, 1.165) is 31.6 Å². The Morgan fingerprint density at radius 2 is 2.06 bits per heavy atom. The predicted molar refractivity (Wildman–Crippen MR) is 74.6 cm³/mol. The van der Waals surface area contributed by atoms with Crippen LogP contribution in [0.4, 0.5) is 0 Å². The van der Waals surface area contributed by atoms with Gasteiger partial charge in [-0.2, -0.15) is 5.10 Å². The van der Waals surface area contributed by atoms with Crippen LogP contribution in [0.1, 0.15) is 52.3 Å². The van der Waals surface area contributed by atoms with Crippen LogP contribution in [-0.2, 0) is 11.3 Å². The highest BCUT2D eigenvalue weighted by Crippen LogP contribution is 2.14. The molecule has 104 valence electrons. The van der Waals surface area contributed by atoms with Crippen molar-refractivity contribution >= 4 is 0 Å². The molecular weight excluding hydrogens is 226 g/mol. The van der Waals surface area contributed by atoms with Crippen molar-refractivity contribution < 1.29 is 4.74 Å². The second-order valence-corrected chi connectivity index (χ2v) is 5.32. The number of nitrogens with one attached hydrogen (secondary N) is 1. The van der Waals surface area contributed by atoms with Crippen molar-refractivity contribution in [2.24, 2.45) is 0 Å². The van der Waals surface area contributed by atoms with E-state index in [4.69, 9.17) is 4.74 Å². The highest BCUT2D eigenvalue weighted by atomic mass is 16.5. The van der Waals surface area contributed by atoms with E-state index in [1.807, 2.05) is 0 Å². The molecule has 1 N–H and O–H groups in total. The summed E-state index contributed by atoms with van der Waals surface area (Å²) in [5.41, 5.74) is 0.964. The Hall–Kier alpha value is -0.870. The monoisotopic (exact) mass is 253 g/mol. The molecule has 0 bridgehead atoms. The maximum Gasteiger partial charge on any atom is 0.0762 e. The highest BCUT2D eigenvalue weighted by Gasteiger charge is 2.15. The lowest BCUT2D eigenvalue weighted by Gasteiger charge is -2.22. The third kappa shape index (κ3) is 4.42. The van der Waals surface area contributed by atoms with E-state index >= 15 is 0 Å². The summed E-state index contributed by atoms with van der Waals surface area (Å²) < 4.78 is 7.45. The van der Waals surface area contributed by atoms with E-state index in [0.29, 0.717) is 6.04 Å². The van der Waals surface area contributed by atoms with E-state index in [-0.39, 0.29) is 5.60 Å². The molecule has 0 spiro atoms. The summed E-state index contributed by atoms with van der Waals surface area (Å²) >= 11 is 0. The third-order valence-electron chi connectivity index (χ3n) is 3.39. The molecule has 0 aliphatic rings. The molecule has 1 heterocycles. The van der Waals surface area contributed by atoms with Crippen LogP contribution in [0.15, 0.2) is 12.3 Å². The maximum absolute atomic E-state index is 5.37. The van der Waals surface area contributed by atoms with Gasteiger partial charge in [-0.1, -0.05) is 13.8 Å². The van der Waals surface area contributed by atoms with Crippen LogP contribution in [0.3, 0.4) is 0 Å². The van der Waals surface area contributed by atoms with E-state index in [1.165, 1.54) is 0 Å². The number of aromatic nitrogens is 2. The number of nitrogens with zero attached hydrogens (tertiary/aromatic N) is 2. The molecule has 1 rings (SSSR count). The first-order valence-electron chi connectivity index (χ1n) is 6.82. The third-order valence-corrected chi connectivity index (χ3v) is 3.39. The number of ether oxygens (including phenoxy) is 1. The standard InChI is InChI=1S/C14H27N3O/c1-6-13(7-2)17-9-8-12(16-17)10-15-11-14(3,4)18-5/h8-9,13,15H,6-7,10-11H2,1-5H3. The fraction of sp³-hybridized carbons (Fsp3) is 0.786. The van der Waals surface area contributed by atoms with Crippen molar-refractivity contribution in [1.29, 1.82) is 0 Å². The van der Waals surface area contributed by atoms with Gasteiger partial charge in [-0.25, -0.2) is 0 Å². The molecule has 0 aliphatic heterocycles. The largest absolute Gasteiger partial charge is 0.377 e. The van der Waals surface area contributed by atoms with Gasteiger partial charge < -0.3 is 10.1 Å². The van der Waals surface area contributed by atoms with Crippen LogP contribution in [0.5, 0.6) is 0 Å². The summed E-state index contributed by atoms with van der Waals surface area (Å²) in [6.45, 7) is 10.2. The average Bonchev–Trinajstić information content (AvgIpc) is 2.79. The summed E-state index contributed by atoms with van der Waals surface area (Å²) in [6, 6.07) is 2.61. The second kappa shape index (κ2) is 6.90. The maximum atomic E-state index is 5.37. The van der Waals surface area contributed by atoms with E-state index in [9.17, 15) is 0 Å². The highest BCUT2D eigenvalue weighted by molar-refractivity contribution is 4.99. The molecule has 18 heavy (non-hydrogen) atoms. The minimum atomic E-state index is -0.127. The molecule has 0 fully saturated rings. The van der Waals surface area contributed by atoms with Crippen LogP contribution in [0.25, 0.3) is 0 Å². The second-order valence-electron chi connectivity index (χ2n) is 5.32. The van der Waals surface area contributed by atoms with Crippen molar-refractivity contribution in [3.8, 4) is 0 Å². The van der Waals surface area contributed by atoms with Crippen LogP contribution in [-0.4, -0.2) is 29.0 Å². The minimum absolute atomic E-state index is 0.127. The normalized spacial score (nSPS) is 12.3. The zero-order valence-electron chi connectivity index (χ0n) is 12.4. The number of methoxy groups -OCH3 is 1. The lowest BCUT2D eigenvalue weighted by Crippen LogP contribution is -2.36. The number of hydrogen-bond donors (Lipinski definition) is 1. The summed E-state index contributed by atoms with van der Waals surface area (Å²) in [5.74, 6) is 0. The smallest absolute Gasteiger partial charge is 0.0762 e. The van der Waals surface area contributed by atoms with E-state index in [2.05, 4.69) is 55.1 Å². The van der Waals surface area contributed by atoms with Crippen molar-refractivity contribution in [3.05, 3.63) is 18.0 Å². The summed E-state index contributed by atoms with van der Waals surface area (Å²) in [7, 11) is 1.74. The summed E-state index contributed by atoms with van der Waals surface area (Å²) in [6.07, 6.45) is 4.33. The van der Waals surface area contributed by atoms with Crippen molar-refractivity contribution in [3.63, 3.8) is 0 Å². The van der Waals surface area contributed by atoms with Crippen molar-refractivity contribution in [2.45, 2.75) is 58.7 Å². The molecule has 0 unspecified atom stereocenters. The molecule has 0 saturated heterocycles. The van der Waals surface area contributed by atoms with Gasteiger partial charge in [0.25, 0.3) is 0 Å². The van der Waals surface area contributed by atoms with Gasteiger partial charge in [-0.3, -0.25) is 4.68 Å². The van der Waals surface area contributed by atoms with Gasteiger partial charge in [0.2, 0.25) is 0 Å². The zero-order valence-corrected chi connectivity index (χ0v) is 12.4. The average molecular weight is 253 g/mol. The van der Waals surface area contributed by atoms with E-state index < -0.39 is 0 Å². The fourth-order valence-electron chi connectivity index (χ4n) is 1.90. The Morgan fingerprint density at radius 1 is 1.39 bits per heavy atom. The summed E-state index contributed by atoms with van der Waals surface area (Å²) in [5, 5.41) is 7.99. The fourth-order valence-corrected chi connectivity index (χ4v) is 1.90. The summed E-state index contributed by atoms with van der Waals surface area (Å²) in [4.78, 5) is 0.